The number of carbonyl (C=O) groups is 3. The first-order chi connectivity index (χ1) is 30.4. The predicted molar refractivity (Wildman–Crippen MR) is 244 cm³/mol. The molecule has 340 valence electrons. The number of halogens is 2. The number of hydrazone groups is 1. The lowest BCUT2D eigenvalue weighted by molar-refractivity contribution is -0.131. The molecular weight excluding hydrogens is 829 g/mol. The number of likely N-dealkylation sites (tertiary alicyclic amines) is 2. The summed E-state index contributed by atoms with van der Waals surface area (Å²) in [4.78, 5) is 49.6. The molecule has 63 heavy (non-hydrogen) atoms. The number of benzene rings is 2. The maximum Gasteiger partial charge on any atom is 0.264 e. The largest absolute Gasteiger partial charge is 0.383 e. The normalized spacial score (nSPS) is 19.7. The average Bonchev–Trinajstić information content (AvgIpc) is 3.86. The number of amides is 3. The van der Waals surface area contributed by atoms with Gasteiger partial charge in [-0.15, -0.1) is 11.3 Å². The van der Waals surface area contributed by atoms with Crippen LogP contribution >= 0.6 is 11.3 Å². The Hall–Kier alpha value is -5.04. The van der Waals surface area contributed by atoms with E-state index in [-0.39, 0.29) is 41.3 Å². The van der Waals surface area contributed by atoms with Crippen LogP contribution in [0.25, 0.3) is 0 Å². The Labute approximate surface area is 372 Å². The molecule has 3 atom stereocenters. The van der Waals surface area contributed by atoms with E-state index in [1.807, 2.05) is 36.9 Å². The average molecular weight is 890 g/mol. The lowest BCUT2D eigenvalue weighted by Crippen LogP contribution is -2.54. The predicted octanol–water partition coefficient (Wildman–Crippen LogP) is 5.23. The van der Waals surface area contributed by atoms with Crippen LogP contribution in [0.5, 0.6) is 0 Å². The number of rotatable bonds is 17. The number of fused-ring (bicyclic) bond motifs is 2. The molecule has 0 bridgehead atoms. The van der Waals surface area contributed by atoms with Crippen LogP contribution in [0.1, 0.15) is 82.4 Å². The number of nitrogens with one attached hydrogen (secondary N) is 5. The molecule has 4 aliphatic rings. The zero-order valence-electron chi connectivity index (χ0n) is 36.7. The lowest BCUT2D eigenvalue weighted by Gasteiger charge is -2.43. The second kappa shape index (κ2) is 21.1. The summed E-state index contributed by atoms with van der Waals surface area (Å²) in [5.41, 5.74) is 4.49. The third-order valence-electron chi connectivity index (χ3n) is 12.6. The highest BCUT2D eigenvalue weighted by Crippen LogP contribution is 2.41. The van der Waals surface area contributed by atoms with Crippen LogP contribution in [-0.4, -0.2) is 141 Å². The summed E-state index contributed by atoms with van der Waals surface area (Å²) in [7, 11) is 1.76. The third-order valence-corrected chi connectivity index (χ3v) is 13.4. The van der Waals surface area contributed by atoms with E-state index < -0.39 is 12.3 Å². The van der Waals surface area contributed by atoms with Crippen LogP contribution < -0.4 is 26.2 Å². The zero-order valence-corrected chi connectivity index (χ0v) is 37.5. The van der Waals surface area contributed by atoms with Gasteiger partial charge in [0.05, 0.1) is 31.7 Å². The molecule has 4 aliphatic heterocycles. The minimum Gasteiger partial charge on any atom is -0.383 e. The smallest absolute Gasteiger partial charge is 0.264 e. The molecule has 1 aromatic heterocycles. The molecule has 2 saturated heterocycles. The van der Waals surface area contributed by atoms with E-state index in [0.717, 1.165) is 78.4 Å². The molecule has 3 unspecified atom stereocenters. The van der Waals surface area contributed by atoms with Crippen molar-refractivity contribution in [1.82, 2.24) is 30.4 Å². The molecule has 2 aromatic carbocycles. The second-order valence-electron chi connectivity index (χ2n) is 16.9. The number of anilines is 3. The van der Waals surface area contributed by atoms with E-state index in [9.17, 15) is 23.2 Å². The number of piperidine rings is 2. The van der Waals surface area contributed by atoms with E-state index in [0.29, 0.717) is 75.3 Å². The van der Waals surface area contributed by atoms with Crippen molar-refractivity contribution < 1.29 is 27.9 Å². The van der Waals surface area contributed by atoms with Gasteiger partial charge in [0.15, 0.2) is 5.13 Å². The Morgan fingerprint density at radius 1 is 1.03 bits per heavy atom. The minimum absolute atomic E-state index is 0.0207. The Kier molecular flexibility index (Phi) is 15.4. The van der Waals surface area contributed by atoms with Gasteiger partial charge in [-0.05, 0) is 94.0 Å². The summed E-state index contributed by atoms with van der Waals surface area (Å²) in [5, 5.41) is 28.3. The summed E-state index contributed by atoms with van der Waals surface area (Å²) < 4.78 is 35.1. The summed E-state index contributed by atoms with van der Waals surface area (Å²) in [6.07, 6.45) is 4.29. The van der Waals surface area contributed by atoms with Crippen molar-refractivity contribution in [3.63, 3.8) is 0 Å². The number of carbonyl (C=O) groups excluding carboxylic acids is 3. The molecule has 0 radical (unpaired) electrons. The maximum atomic E-state index is 14.7. The van der Waals surface area contributed by atoms with Crippen LogP contribution in [0.3, 0.4) is 0 Å². The van der Waals surface area contributed by atoms with Crippen LogP contribution in [0.2, 0.25) is 0 Å². The minimum atomic E-state index is -2.69. The van der Waals surface area contributed by atoms with Gasteiger partial charge in [0.2, 0.25) is 11.8 Å². The molecular formula is C45H61F2N11O4S. The van der Waals surface area contributed by atoms with E-state index in [1.54, 1.807) is 32.3 Å². The number of aryl methyl sites for hydroxylation is 3. The molecule has 7 rings (SSSR count). The second-order valence-corrected chi connectivity index (χ2v) is 18.2. The molecule has 3 aromatic rings. The number of likely N-dealkylation sites (N-methyl/N-ethyl adjacent to an activating group) is 1. The maximum absolute atomic E-state index is 14.7. The van der Waals surface area contributed by atoms with Gasteiger partial charge in [0.1, 0.15) is 5.84 Å². The molecule has 5 N–H and O–H groups in total. The van der Waals surface area contributed by atoms with Crippen molar-refractivity contribution >= 4 is 57.6 Å². The fourth-order valence-corrected chi connectivity index (χ4v) is 10.1. The van der Waals surface area contributed by atoms with E-state index >= 15 is 0 Å². The Bertz CT molecular complexity index is 2140. The SMILES string of the molecule is CNCC(C=N)c1cc2c(cc1C(F)F)N(C1=NN(C3CCN(CC(=O)NCCOCCNc4ccc(C(=O)Nc5ncc(C)s5)c(C)c4)CC3)C3CCN(C(C)=O)CC13)CCC2. The number of ether oxygens (including phenoxy) is 1. The van der Waals surface area contributed by atoms with Crippen molar-refractivity contribution in [2.24, 2.45) is 11.0 Å². The summed E-state index contributed by atoms with van der Waals surface area (Å²) in [5.74, 6) is 0.103. The number of nitrogens with zero attached hydrogens (tertiary/aromatic N) is 6. The van der Waals surface area contributed by atoms with Gasteiger partial charge in [-0.1, -0.05) is 6.07 Å². The highest BCUT2D eigenvalue weighted by atomic mass is 32.1. The van der Waals surface area contributed by atoms with Gasteiger partial charge in [0.25, 0.3) is 12.3 Å². The number of aromatic nitrogens is 1. The first-order valence-electron chi connectivity index (χ1n) is 22.1. The Morgan fingerprint density at radius 2 is 1.83 bits per heavy atom. The summed E-state index contributed by atoms with van der Waals surface area (Å²) in [6, 6.07) is 9.33. The Morgan fingerprint density at radius 3 is 2.52 bits per heavy atom. The molecule has 2 fully saturated rings. The molecule has 0 spiro atoms. The van der Waals surface area contributed by atoms with Crippen LogP contribution in [0.15, 0.2) is 41.6 Å². The van der Waals surface area contributed by atoms with Gasteiger partial charge in [-0.2, -0.15) is 5.10 Å². The highest BCUT2D eigenvalue weighted by Gasteiger charge is 2.47. The van der Waals surface area contributed by atoms with Crippen molar-refractivity contribution in [1.29, 1.82) is 5.41 Å². The first kappa shape index (κ1) is 46.0. The van der Waals surface area contributed by atoms with Crippen molar-refractivity contribution in [2.45, 2.75) is 77.3 Å². The molecule has 18 heteroatoms. The van der Waals surface area contributed by atoms with Crippen molar-refractivity contribution in [3.8, 4) is 0 Å². The van der Waals surface area contributed by atoms with Crippen LogP contribution in [0, 0.1) is 25.2 Å². The molecule has 0 saturated carbocycles. The molecule has 3 amide bonds. The fraction of sp³-hybridized carbons (Fsp3) is 0.556. The molecule has 5 heterocycles. The number of hydrogen-bond donors (Lipinski definition) is 5. The highest BCUT2D eigenvalue weighted by molar-refractivity contribution is 7.15. The number of hydrogen-bond acceptors (Lipinski definition) is 13. The standard InChI is InChI=1S/C45H61F2N11O4S/c1-28-20-33(7-8-35(28)44(61)53-45-52-24-29(2)63-45)50-12-18-62-19-13-51-41(60)27-55-15-9-34(10-16-55)58-39-11-17-56(30(3)59)26-38(39)43(54-58)57-14-5-6-31-21-36(32(23-48)25-49-4)37(42(46)47)22-40(31)57/h7-8,20-24,32,34,38-39,42,48-50H,5-6,9-19,25-27H2,1-4H3,(H,51,60)(H,52,53,61). The van der Waals surface area contributed by atoms with Crippen LogP contribution in [-0.2, 0) is 20.7 Å². The Balaban J connectivity index is 0.883. The van der Waals surface area contributed by atoms with Crippen molar-refractivity contribution in [3.05, 3.63) is 69.2 Å². The topological polar surface area (TPSA) is 171 Å². The lowest BCUT2D eigenvalue weighted by atomic mass is 9.86. The monoisotopic (exact) mass is 889 g/mol. The quantitative estimate of drug-likeness (QED) is 0.0894. The van der Waals surface area contributed by atoms with Crippen molar-refractivity contribution in [2.75, 3.05) is 94.7 Å². The first-order valence-corrected chi connectivity index (χ1v) is 22.9. The molecule has 15 nitrogen and oxygen atoms in total. The van der Waals surface area contributed by atoms with Gasteiger partial charge in [-0.3, -0.25) is 29.6 Å². The zero-order chi connectivity index (χ0) is 44.6. The number of thiazole rings is 1. The number of alkyl halides is 2. The fourth-order valence-electron chi connectivity index (χ4n) is 9.40. The summed E-state index contributed by atoms with van der Waals surface area (Å²) >= 11 is 1.43. The van der Waals surface area contributed by atoms with Gasteiger partial charge >= 0.3 is 0 Å². The van der Waals surface area contributed by atoms with E-state index in [1.165, 1.54) is 17.6 Å². The van der Waals surface area contributed by atoms with Gasteiger partial charge in [0, 0.05) is 111 Å². The molecule has 0 aliphatic carbocycles. The van der Waals surface area contributed by atoms with Crippen LogP contribution in [0.4, 0.5) is 25.3 Å². The van der Waals surface area contributed by atoms with Gasteiger partial charge < -0.3 is 35.9 Å². The van der Waals surface area contributed by atoms with E-state index in [4.69, 9.17) is 15.2 Å². The number of amidine groups is 1. The third kappa shape index (κ3) is 11.0. The summed E-state index contributed by atoms with van der Waals surface area (Å²) in [6.45, 7) is 11.2. The van der Waals surface area contributed by atoms with Gasteiger partial charge in [-0.25, -0.2) is 13.8 Å². The van der Waals surface area contributed by atoms with E-state index in [2.05, 4.69) is 41.1 Å².